The number of rotatable bonds is 2. The summed E-state index contributed by atoms with van der Waals surface area (Å²) in [6.45, 7) is 2.58. The monoisotopic (exact) mass is 318 g/mol. The first-order valence-corrected chi connectivity index (χ1v) is 7.87. The molecule has 1 saturated heterocycles. The zero-order valence-electron chi connectivity index (χ0n) is 13.1. The van der Waals surface area contributed by atoms with Crippen LogP contribution >= 0.6 is 0 Å². The lowest BCUT2D eigenvalue weighted by Crippen LogP contribution is -2.30. The number of nitrogens with zero attached hydrogens (tertiary/aromatic N) is 3. The molecule has 1 aliphatic heterocycles. The van der Waals surface area contributed by atoms with Crippen molar-refractivity contribution < 1.29 is 8.78 Å². The van der Waals surface area contributed by atoms with E-state index in [0.29, 0.717) is 11.4 Å². The van der Waals surface area contributed by atoms with E-state index in [4.69, 9.17) is 5.73 Å². The molecule has 0 spiro atoms. The van der Waals surface area contributed by atoms with Gasteiger partial charge in [-0.05, 0) is 38.0 Å². The third-order valence-corrected chi connectivity index (χ3v) is 4.22. The highest BCUT2D eigenvalue weighted by Gasteiger charge is 2.27. The number of hydrogen-bond acceptors (Lipinski definition) is 4. The molecule has 1 fully saturated rings. The number of nitrogens with two attached hydrogens (primary N) is 1. The van der Waals surface area contributed by atoms with Gasteiger partial charge in [-0.15, -0.1) is 0 Å². The molecule has 1 aromatic carbocycles. The molecule has 6 heteroatoms. The molecule has 23 heavy (non-hydrogen) atoms. The van der Waals surface area contributed by atoms with Crippen molar-refractivity contribution in [1.29, 1.82) is 0 Å². The molecular formula is C17H20F2N4. The minimum Gasteiger partial charge on any atom is -0.368 e. The van der Waals surface area contributed by atoms with Crippen LogP contribution in [-0.2, 0) is 0 Å². The molecule has 0 radical (unpaired) electrons. The van der Waals surface area contributed by atoms with Gasteiger partial charge in [-0.25, -0.2) is 13.8 Å². The molecule has 2 N–H and O–H groups in total. The normalized spacial score (nSPS) is 18.7. The number of nitrogen functional groups attached to an aromatic ring is 1. The van der Waals surface area contributed by atoms with Crippen LogP contribution < -0.4 is 10.6 Å². The average Bonchev–Trinajstić information content (AvgIpc) is 2.74. The predicted octanol–water partition coefficient (Wildman–Crippen LogP) is 3.77. The summed E-state index contributed by atoms with van der Waals surface area (Å²) < 4.78 is 27.9. The first-order valence-electron chi connectivity index (χ1n) is 7.87. The number of hydrogen-bond donors (Lipinski definition) is 1. The molecular weight excluding hydrogens is 298 g/mol. The van der Waals surface area contributed by atoms with Gasteiger partial charge >= 0.3 is 0 Å². The van der Waals surface area contributed by atoms with Crippen LogP contribution in [0.3, 0.4) is 0 Å². The number of halogens is 2. The van der Waals surface area contributed by atoms with E-state index in [0.717, 1.165) is 44.0 Å². The third kappa shape index (κ3) is 3.41. The summed E-state index contributed by atoms with van der Waals surface area (Å²) in [6, 6.07) is 5.21. The van der Waals surface area contributed by atoms with Gasteiger partial charge in [0.25, 0.3) is 0 Å². The quantitative estimate of drug-likeness (QED) is 0.916. The second-order valence-corrected chi connectivity index (χ2v) is 5.95. The van der Waals surface area contributed by atoms with E-state index in [-0.39, 0.29) is 17.8 Å². The van der Waals surface area contributed by atoms with E-state index < -0.39 is 5.82 Å². The maximum absolute atomic E-state index is 14.3. The molecule has 0 amide bonds. The minimum atomic E-state index is -0.427. The maximum Gasteiger partial charge on any atom is 0.222 e. The van der Waals surface area contributed by atoms with Crippen LogP contribution in [-0.4, -0.2) is 16.5 Å². The average molecular weight is 318 g/mol. The lowest BCUT2D eigenvalue weighted by atomic mass is 10.00. The molecule has 1 atom stereocenters. The van der Waals surface area contributed by atoms with Crippen molar-refractivity contribution in [2.45, 2.75) is 38.6 Å². The highest BCUT2D eigenvalue weighted by molar-refractivity contribution is 5.46. The minimum absolute atomic E-state index is 0.197. The number of aromatic nitrogens is 2. The lowest BCUT2D eigenvalue weighted by Gasteiger charge is -2.32. The van der Waals surface area contributed by atoms with Crippen molar-refractivity contribution >= 4 is 11.8 Å². The molecule has 1 aromatic heterocycles. The molecule has 2 aromatic rings. The predicted molar refractivity (Wildman–Crippen MR) is 86.1 cm³/mol. The van der Waals surface area contributed by atoms with Crippen molar-refractivity contribution in [1.82, 2.24) is 9.97 Å². The molecule has 4 nitrogen and oxygen atoms in total. The molecule has 1 unspecified atom stereocenters. The van der Waals surface area contributed by atoms with E-state index in [2.05, 4.69) is 9.97 Å². The van der Waals surface area contributed by atoms with Gasteiger partial charge in [0.1, 0.15) is 17.5 Å². The Hall–Kier alpha value is -2.24. The zero-order chi connectivity index (χ0) is 16.4. The molecule has 0 bridgehead atoms. The summed E-state index contributed by atoms with van der Waals surface area (Å²) in [5.74, 6) is 0.0549. The molecule has 122 valence electrons. The third-order valence-electron chi connectivity index (χ3n) is 4.22. The summed E-state index contributed by atoms with van der Waals surface area (Å²) in [5.41, 5.74) is 6.90. The zero-order valence-corrected chi connectivity index (χ0v) is 13.1. The van der Waals surface area contributed by atoms with Gasteiger partial charge in [0.05, 0.1) is 6.04 Å². The Morgan fingerprint density at radius 3 is 2.74 bits per heavy atom. The van der Waals surface area contributed by atoms with E-state index in [1.54, 1.807) is 0 Å². The Labute approximate surface area is 134 Å². The van der Waals surface area contributed by atoms with Gasteiger partial charge in [0, 0.05) is 23.9 Å². The highest BCUT2D eigenvalue weighted by Crippen LogP contribution is 2.35. The molecule has 3 rings (SSSR count). The second-order valence-electron chi connectivity index (χ2n) is 5.95. The summed E-state index contributed by atoms with van der Waals surface area (Å²) in [4.78, 5) is 10.4. The topological polar surface area (TPSA) is 55.0 Å². The van der Waals surface area contributed by atoms with Crippen molar-refractivity contribution in [3.63, 3.8) is 0 Å². The van der Waals surface area contributed by atoms with Crippen LogP contribution in [0.2, 0.25) is 0 Å². The smallest absolute Gasteiger partial charge is 0.222 e. The van der Waals surface area contributed by atoms with Crippen molar-refractivity contribution in [2.75, 3.05) is 17.2 Å². The summed E-state index contributed by atoms with van der Waals surface area (Å²) in [5, 5.41) is 0. The standard InChI is InChI=1S/C17H20F2N4/c1-11-9-16(22-17(20)21-11)23-8-4-2-3-5-15(23)13-10-12(18)6-7-14(13)19/h6-7,9-10,15H,2-5,8H2,1H3,(H2,20,21,22). The van der Waals surface area contributed by atoms with Gasteiger partial charge < -0.3 is 10.6 Å². The first kappa shape index (κ1) is 15.6. The largest absolute Gasteiger partial charge is 0.368 e. The number of aryl methyl sites for hydroxylation is 1. The Kier molecular flexibility index (Phi) is 4.41. The maximum atomic E-state index is 14.3. The summed E-state index contributed by atoms with van der Waals surface area (Å²) in [7, 11) is 0. The molecule has 0 saturated carbocycles. The SMILES string of the molecule is Cc1cc(N2CCCCCC2c2cc(F)ccc2F)nc(N)n1. The summed E-state index contributed by atoms with van der Waals surface area (Å²) in [6.07, 6.45) is 3.76. The van der Waals surface area contributed by atoms with Gasteiger partial charge in [-0.2, -0.15) is 4.98 Å². The fourth-order valence-corrected chi connectivity index (χ4v) is 3.20. The first-order chi connectivity index (χ1) is 11.0. The van der Waals surface area contributed by atoms with Crippen molar-refractivity contribution in [3.05, 3.63) is 47.2 Å². The summed E-state index contributed by atoms with van der Waals surface area (Å²) >= 11 is 0. The molecule has 1 aliphatic rings. The fourth-order valence-electron chi connectivity index (χ4n) is 3.20. The van der Waals surface area contributed by atoms with Gasteiger partial charge in [0.2, 0.25) is 5.95 Å². The van der Waals surface area contributed by atoms with E-state index in [1.165, 1.54) is 12.1 Å². The highest BCUT2D eigenvalue weighted by atomic mass is 19.1. The van der Waals surface area contributed by atoms with Crippen LogP contribution in [0.15, 0.2) is 24.3 Å². The van der Waals surface area contributed by atoms with Gasteiger partial charge in [-0.1, -0.05) is 12.8 Å². The van der Waals surface area contributed by atoms with Crippen molar-refractivity contribution in [3.8, 4) is 0 Å². The Bertz CT molecular complexity index is 685. The van der Waals surface area contributed by atoms with Crippen LogP contribution in [0.5, 0.6) is 0 Å². The number of benzene rings is 1. The molecule has 0 aliphatic carbocycles. The van der Waals surface area contributed by atoms with E-state index in [9.17, 15) is 8.78 Å². The van der Waals surface area contributed by atoms with Crippen LogP contribution in [0.25, 0.3) is 0 Å². The van der Waals surface area contributed by atoms with E-state index in [1.807, 2.05) is 17.9 Å². The fraction of sp³-hybridized carbons (Fsp3) is 0.412. The van der Waals surface area contributed by atoms with Crippen LogP contribution in [0.1, 0.15) is 43.0 Å². The second kappa shape index (κ2) is 6.48. The van der Waals surface area contributed by atoms with Crippen LogP contribution in [0.4, 0.5) is 20.5 Å². The van der Waals surface area contributed by atoms with Crippen molar-refractivity contribution in [2.24, 2.45) is 0 Å². The lowest BCUT2D eigenvalue weighted by molar-refractivity contribution is 0.529. The number of anilines is 2. The Balaban J connectivity index is 2.05. The molecule has 2 heterocycles. The van der Waals surface area contributed by atoms with Crippen LogP contribution in [0, 0.1) is 18.6 Å². The van der Waals surface area contributed by atoms with E-state index >= 15 is 0 Å². The Morgan fingerprint density at radius 1 is 1.13 bits per heavy atom. The Morgan fingerprint density at radius 2 is 1.96 bits per heavy atom. The van der Waals surface area contributed by atoms with Gasteiger partial charge in [0.15, 0.2) is 0 Å². The van der Waals surface area contributed by atoms with Gasteiger partial charge in [-0.3, -0.25) is 0 Å².